The average Bonchev–Trinajstić information content (AvgIpc) is 2.11. The van der Waals surface area contributed by atoms with Gasteiger partial charge in [-0.05, 0) is 13.8 Å². The number of carbonyl (C=O) groups excluding carboxylic acids is 5. The van der Waals surface area contributed by atoms with Gasteiger partial charge in [-0.3, -0.25) is 20.2 Å². The molecular formula is C8H11N3Na2O7. The molecule has 1 fully saturated rings. The molecule has 12 heteroatoms. The zero-order chi connectivity index (χ0) is 14.9. The fourth-order valence-corrected chi connectivity index (χ4v) is 0.530. The minimum absolute atomic E-state index is 0. The van der Waals surface area contributed by atoms with Gasteiger partial charge < -0.3 is 25.5 Å². The van der Waals surface area contributed by atoms with Crippen LogP contribution >= 0.6 is 0 Å². The summed E-state index contributed by atoms with van der Waals surface area (Å²) in [5.74, 6) is -3.71. The second-order valence-corrected chi connectivity index (χ2v) is 2.77. The molecule has 1 rings (SSSR count). The summed E-state index contributed by atoms with van der Waals surface area (Å²) in [4.78, 5) is 49.1. The van der Waals surface area contributed by atoms with Crippen molar-refractivity contribution in [1.29, 1.82) is 0 Å². The largest absolute Gasteiger partial charge is 1.00 e. The van der Waals surface area contributed by atoms with Crippen LogP contribution in [0.25, 0.3) is 0 Å². The fraction of sp³-hybridized carbons (Fsp3) is 0.375. The molecule has 0 spiro atoms. The summed E-state index contributed by atoms with van der Waals surface area (Å²) in [5, 5.41) is 21.4. The Morgan fingerprint density at radius 1 is 0.950 bits per heavy atom. The molecule has 0 saturated carbocycles. The van der Waals surface area contributed by atoms with Crippen molar-refractivity contribution >= 4 is 29.8 Å². The molecule has 0 aromatic rings. The van der Waals surface area contributed by atoms with Crippen molar-refractivity contribution in [2.75, 3.05) is 0 Å². The van der Waals surface area contributed by atoms with Crippen molar-refractivity contribution < 1.29 is 93.3 Å². The maximum absolute atomic E-state index is 10.5. The van der Waals surface area contributed by atoms with Gasteiger partial charge in [0.25, 0.3) is 11.8 Å². The molecule has 0 radical (unpaired) electrons. The van der Waals surface area contributed by atoms with Crippen LogP contribution in [0.5, 0.6) is 0 Å². The second kappa shape index (κ2) is 14.9. The Balaban J connectivity index is -0.000000110. The molecule has 102 valence electrons. The number of barbiturate groups is 1. The number of carboxylic acid groups (broad SMARTS) is 2. The van der Waals surface area contributed by atoms with E-state index in [1.165, 1.54) is 0 Å². The number of urea groups is 1. The number of rotatable bonds is 0. The molecule has 1 heterocycles. The van der Waals surface area contributed by atoms with E-state index < -0.39 is 35.8 Å². The van der Waals surface area contributed by atoms with Crippen molar-refractivity contribution in [3.8, 4) is 0 Å². The average molecular weight is 307 g/mol. The number of amides is 4. The second-order valence-electron chi connectivity index (χ2n) is 2.77. The van der Waals surface area contributed by atoms with Crippen LogP contribution in [-0.2, 0) is 19.2 Å². The van der Waals surface area contributed by atoms with Crippen LogP contribution in [0.3, 0.4) is 0 Å². The Hall–Kier alpha value is -0.490. The summed E-state index contributed by atoms with van der Waals surface area (Å²) in [7, 11) is 0. The van der Waals surface area contributed by atoms with Gasteiger partial charge >= 0.3 is 65.1 Å². The number of carbonyl (C=O) groups is 5. The molecule has 4 amide bonds. The first-order valence-electron chi connectivity index (χ1n) is 4.34. The predicted molar refractivity (Wildman–Crippen MR) is 51.0 cm³/mol. The van der Waals surface area contributed by atoms with Gasteiger partial charge in [-0.2, -0.15) is 0 Å². The minimum atomic E-state index is -1.27. The molecule has 10 nitrogen and oxygen atoms in total. The van der Waals surface area contributed by atoms with Crippen molar-refractivity contribution in [3.05, 3.63) is 0 Å². The molecule has 0 aromatic carbocycles. The number of imide groups is 2. The van der Waals surface area contributed by atoms with Crippen molar-refractivity contribution in [2.45, 2.75) is 19.9 Å². The molecule has 1 saturated heterocycles. The summed E-state index contributed by atoms with van der Waals surface area (Å²) < 4.78 is 0. The Morgan fingerprint density at radius 3 is 1.35 bits per heavy atom. The summed E-state index contributed by atoms with van der Waals surface area (Å²) in [5.41, 5.74) is 5.01. The molecule has 0 unspecified atom stereocenters. The van der Waals surface area contributed by atoms with E-state index in [-0.39, 0.29) is 59.1 Å². The van der Waals surface area contributed by atoms with Gasteiger partial charge in [0.05, 0.1) is 0 Å². The molecule has 0 aromatic heterocycles. The molecule has 20 heavy (non-hydrogen) atoms. The Kier molecular flexibility index (Phi) is 20.7. The van der Waals surface area contributed by atoms with Crippen LogP contribution in [-0.4, -0.2) is 35.8 Å². The first-order chi connectivity index (χ1) is 8.07. The van der Waals surface area contributed by atoms with Crippen LogP contribution in [0.1, 0.15) is 13.8 Å². The van der Waals surface area contributed by atoms with Crippen molar-refractivity contribution in [2.24, 2.45) is 5.73 Å². The van der Waals surface area contributed by atoms with E-state index in [0.717, 1.165) is 13.8 Å². The standard InChI is InChI=1S/C4H5N3O3.2C2H4O2.2Na/c5-1-2(8)6-4(10)7-3(1)9;2*1-2(3)4;;/h1H,5H2,(H2,6,7,8,9,10);2*1H3,(H,3,4);;/q;;;2*+1/p-2. The van der Waals surface area contributed by atoms with Gasteiger partial charge in [-0.15, -0.1) is 0 Å². The number of carboxylic acids is 2. The summed E-state index contributed by atoms with van der Waals surface area (Å²) in [6.45, 7) is 1.94. The molecule has 4 N–H and O–H groups in total. The maximum Gasteiger partial charge on any atom is 1.00 e. The van der Waals surface area contributed by atoms with Gasteiger partial charge in [0.15, 0.2) is 6.04 Å². The predicted octanol–water partition coefficient (Wildman–Crippen LogP) is -10.8. The third kappa shape index (κ3) is 19.8. The van der Waals surface area contributed by atoms with Crippen LogP contribution in [0.4, 0.5) is 4.79 Å². The van der Waals surface area contributed by atoms with Gasteiger partial charge in [0, 0.05) is 11.9 Å². The number of hydrogen-bond donors (Lipinski definition) is 3. The quantitative estimate of drug-likeness (QED) is 0.291. The van der Waals surface area contributed by atoms with Crippen LogP contribution < -0.4 is 85.7 Å². The molecule has 1 aliphatic heterocycles. The zero-order valence-corrected chi connectivity index (χ0v) is 15.5. The zero-order valence-electron chi connectivity index (χ0n) is 11.5. The van der Waals surface area contributed by atoms with Crippen LogP contribution in [0.2, 0.25) is 0 Å². The van der Waals surface area contributed by atoms with Crippen molar-refractivity contribution in [3.63, 3.8) is 0 Å². The third-order valence-corrected chi connectivity index (χ3v) is 1.04. The van der Waals surface area contributed by atoms with E-state index in [9.17, 15) is 14.4 Å². The topological polar surface area (TPSA) is 182 Å². The molecule has 0 atom stereocenters. The van der Waals surface area contributed by atoms with Gasteiger partial charge in [-0.25, -0.2) is 4.79 Å². The van der Waals surface area contributed by atoms with E-state index in [0.29, 0.717) is 0 Å². The SMILES string of the molecule is CC(=O)[O-].CC(=O)[O-].NC1C(=O)NC(=O)NC1=O.[Na+].[Na+]. The van der Waals surface area contributed by atoms with Crippen LogP contribution in [0.15, 0.2) is 0 Å². The minimum Gasteiger partial charge on any atom is -0.550 e. The normalized spacial score (nSPS) is 12.7. The maximum atomic E-state index is 10.5. The first-order valence-corrected chi connectivity index (χ1v) is 4.34. The van der Waals surface area contributed by atoms with Gasteiger partial charge in [0.1, 0.15) is 0 Å². The smallest absolute Gasteiger partial charge is 0.550 e. The fourth-order valence-electron chi connectivity index (χ4n) is 0.530. The Bertz CT molecular complexity index is 335. The molecule has 1 aliphatic rings. The molecular weight excluding hydrogens is 296 g/mol. The molecule has 0 bridgehead atoms. The van der Waals surface area contributed by atoms with Gasteiger partial charge in [-0.1, -0.05) is 0 Å². The van der Waals surface area contributed by atoms with Crippen molar-refractivity contribution in [1.82, 2.24) is 10.6 Å². The van der Waals surface area contributed by atoms with E-state index in [1.54, 1.807) is 0 Å². The van der Waals surface area contributed by atoms with E-state index >= 15 is 0 Å². The number of nitrogens with two attached hydrogens (primary N) is 1. The number of hydrogen-bond acceptors (Lipinski definition) is 8. The van der Waals surface area contributed by atoms with Crippen LogP contribution in [0, 0.1) is 0 Å². The summed E-state index contributed by atoms with van der Waals surface area (Å²) >= 11 is 0. The van der Waals surface area contributed by atoms with Gasteiger partial charge in [0.2, 0.25) is 0 Å². The first kappa shape index (κ1) is 27.8. The molecule has 0 aliphatic carbocycles. The Morgan fingerprint density at radius 2 is 1.15 bits per heavy atom. The Labute approximate surface area is 158 Å². The van der Waals surface area contributed by atoms with E-state index in [1.807, 2.05) is 10.6 Å². The van der Waals surface area contributed by atoms with E-state index in [4.69, 9.17) is 25.5 Å². The van der Waals surface area contributed by atoms with E-state index in [2.05, 4.69) is 0 Å². The number of nitrogens with one attached hydrogen (secondary N) is 2. The summed E-state index contributed by atoms with van der Waals surface area (Å²) in [6, 6.07) is -2.09. The third-order valence-electron chi connectivity index (χ3n) is 1.04. The summed E-state index contributed by atoms with van der Waals surface area (Å²) in [6.07, 6.45) is 0. The monoisotopic (exact) mass is 307 g/mol. The number of aliphatic carboxylic acids is 2.